The SMILES string of the molecule is Nc1ccc(I)cc1S(N)(O)O. The van der Waals surface area contributed by atoms with Crippen LogP contribution in [-0.4, -0.2) is 9.11 Å². The lowest BCUT2D eigenvalue weighted by Crippen LogP contribution is -2.10. The standard InChI is InChI=1S/C6H9IN2O2S/c7-4-1-2-5(8)6(3-4)12(9,10)11/h1-3,10-11H,8-9H2. The molecule has 0 heterocycles. The van der Waals surface area contributed by atoms with E-state index >= 15 is 0 Å². The zero-order chi connectivity index (χ0) is 9.35. The summed E-state index contributed by atoms with van der Waals surface area (Å²) < 4.78 is 19.1. The molecule has 0 bridgehead atoms. The summed E-state index contributed by atoms with van der Waals surface area (Å²) in [4.78, 5) is 0.203. The van der Waals surface area contributed by atoms with Crippen molar-refractivity contribution in [1.29, 1.82) is 0 Å². The Morgan fingerprint density at radius 3 is 2.33 bits per heavy atom. The first kappa shape index (κ1) is 10.1. The van der Waals surface area contributed by atoms with E-state index in [9.17, 15) is 0 Å². The van der Waals surface area contributed by atoms with Crippen molar-refractivity contribution in [3.8, 4) is 0 Å². The molecule has 68 valence electrons. The lowest BCUT2D eigenvalue weighted by atomic mass is 10.3. The fraction of sp³-hybridized carbons (Fsp3) is 0. The van der Waals surface area contributed by atoms with E-state index in [1.807, 2.05) is 22.6 Å². The third kappa shape index (κ3) is 2.23. The van der Waals surface area contributed by atoms with Gasteiger partial charge in [0.1, 0.15) is 0 Å². The Morgan fingerprint density at radius 1 is 1.33 bits per heavy atom. The van der Waals surface area contributed by atoms with E-state index in [4.69, 9.17) is 20.0 Å². The molecule has 6 N–H and O–H groups in total. The lowest BCUT2D eigenvalue weighted by Gasteiger charge is -2.27. The van der Waals surface area contributed by atoms with Gasteiger partial charge in [-0.25, -0.2) is 5.14 Å². The quantitative estimate of drug-likeness (QED) is 0.470. The van der Waals surface area contributed by atoms with Crippen LogP contribution in [0.4, 0.5) is 5.69 Å². The molecule has 0 saturated heterocycles. The van der Waals surface area contributed by atoms with Crippen molar-refractivity contribution in [1.82, 2.24) is 0 Å². The molecule has 12 heavy (non-hydrogen) atoms. The Hall–Kier alpha value is -0.0200. The molecule has 0 aliphatic heterocycles. The molecule has 0 spiro atoms. The third-order valence-electron chi connectivity index (χ3n) is 1.30. The summed E-state index contributed by atoms with van der Waals surface area (Å²) in [6, 6.07) is 4.92. The van der Waals surface area contributed by atoms with Crippen LogP contribution in [0.3, 0.4) is 0 Å². The van der Waals surface area contributed by atoms with Crippen LogP contribution >= 0.6 is 33.4 Å². The molecule has 0 amide bonds. The van der Waals surface area contributed by atoms with Gasteiger partial charge in [0.05, 0.1) is 10.6 Å². The summed E-state index contributed by atoms with van der Waals surface area (Å²) >= 11 is 2.04. The Morgan fingerprint density at radius 2 is 1.92 bits per heavy atom. The summed E-state index contributed by atoms with van der Waals surface area (Å²) in [6.07, 6.45) is 0. The highest BCUT2D eigenvalue weighted by atomic mass is 127. The minimum atomic E-state index is -3.19. The first-order valence-electron chi connectivity index (χ1n) is 3.02. The maximum Gasteiger partial charge on any atom is 0.0987 e. The van der Waals surface area contributed by atoms with Gasteiger partial charge in [0.2, 0.25) is 0 Å². The molecule has 0 fully saturated rings. The molecule has 1 aromatic rings. The van der Waals surface area contributed by atoms with Crippen LogP contribution in [0.5, 0.6) is 0 Å². The summed E-state index contributed by atoms with van der Waals surface area (Å²) in [7, 11) is -3.19. The monoisotopic (exact) mass is 300 g/mol. The van der Waals surface area contributed by atoms with Crippen LogP contribution in [0.25, 0.3) is 0 Å². The van der Waals surface area contributed by atoms with Crippen LogP contribution in [-0.2, 0) is 0 Å². The fourth-order valence-electron chi connectivity index (χ4n) is 0.768. The Balaban J connectivity index is 3.23. The highest BCUT2D eigenvalue weighted by Gasteiger charge is 2.12. The molecule has 0 atom stereocenters. The van der Waals surface area contributed by atoms with Crippen LogP contribution in [0.15, 0.2) is 23.1 Å². The van der Waals surface area contributed by atoms with Crippen molar-refractivity contribution < 1.29 is 9.11 Å². The van der Waals surface area contributed by atoms with E-state index in [-0.39, 0.29) is 4.90 Å². The van der Waals surface area contributed by atoms with E-state index in [2.05, 4.69) is 0 Å². The number of anilines is 1. The van der Waals surface area contributed by atoms with Gasteiger partial charge in [-0.15, -0.1) is 10.8 Å². The summed E-state index contributed by atoms with van der Waals surface area (Å²) in [6.45, 7) is 0. The molecule has 4 nitrogen and oxygen atoms in total. The van der Waals surface area contributed by atoms with Gasteiger partial charge in [-0.1, -0.05) is 0 Å². The van der Waals surface area contributed by atoms with Gasteiger partial charge < -0.3 is 5.73 Å². The molecular weight excluding hydrogens is 291 g/mol. The Bertz CT molecular complexity index is 300. The highest BCUT2D eigenvalue weighted by Crippen LogP contribution is 2.43. The predicted molar refractivity (Wildman–Crippen MR) is 58.9 cm³/mol. The number of hydrogen-bond acceptors (Lipinski definition) is 4. The van der Waals surface area contributed by atoms with E-state index in [0.29, 0.717) is 5.69 Å². The molecule has 0 aliphatic rings. The lowest BCUT2D eigenvalue weighted by molar-refractivity contribution is 0.489. The number of rotatable bonds is 1. The summed E-state index contributed by atoms with van der Waals surface area (Å²) in [5.41, 5.74) is 5.80. The molecule has 0 aromatic heterocycles. The van der Waals surface area contributed by atoms with E-state index in [0.717, 1.165) is 3.57 Å². The average molecular weight is 300 g/mol. The second kappa shape index (κ2) is 3.38. The highest BCUT2D eigenvalue weighted by molar-refractivity contribution is 14.1. The number of halogens is 1. The second-order valence-corrected chi connectivity index (χ2v) is 5.15. The first-order valence-corrected chi connectivity index (χ1v) is 5.71. The van der Waals surface area contributed by atoms with Gasteiger partial charge >= 0.3 is 0 Å². The number of nitrogens with two attached hydrogens (primary N) is 2. The zero-order valence-electron chi connectivity index (χ0n) is 6.07. The van der Waals surface area contributed by atoms with Gasteiger partial charge in [-0.05, 0) is 40.8 Å². The van der Waals surface area contributed by atoms with Crippen molar-refractivity contribution in [2.75, 3.05) is 5.73 Å². The smallest absolute Gasteiger partial charge is 0.0987 e. The van der Waals surface area contributed by atoms with Crippen molar-refractivity contribution in [3.63, 3.8) is 0 Å². The second-order valence-electron chi connectivity index (χ2n) is 2.28. The van der Waals surface area contributed by atoms with Crippen LogP contribution in [0, 0.1) is 3.57 Å². The van der Waals surface area contributed by atoms with Crippen molar-refractivity contribution in [2.24, 2.45) is 5.14 Å². The molecular formula is C6H9IN2O2S. The number of hydrogen-bond donors (Lipinski definition) is 4. The molecule has 1 rings (SSSR count). The zero-order valence-corrected chi connectivity index (χ0v) is 9.04. The average Bonchev–Trinajstić information content (AvgIpc) is 1.92. The van der Waals surface area contributed by atoms with Gasteiger partial charge in [0.15, 0.2) is 0 Å². The minimum Gasteiger partial charge on any atom is -0.397 e. The molecule has 0 unspecified atom stereocenters. The van der Waals surface area contributed by atoms with Gasteiger partial charge in [-0.3, -0.25) is 9.11 Å². The Labute approximate surface area is 85.6 Å². The number of nitrogen functional groups attached to an aromatic ring is 1. The first-order chi connectivity index (χ1) is 5.41. The van der Waals surface area contributed by atoms with Gasteiger partial charge in [0.25, 0.3) is 0 Å². The van der Waals surface area contributed by atoms with Crippen molar-refractivity contribution >= 4 is 39.1 Å². The van der Waals surface area contributed by atoms with Crippen LogP contribution in [0.1, 0.15) is 0 Å². The molecule has 0 radical (unpaired) electrons. The number of benzene rings is 1. The van der Waals surface area contributed by atoms with Gasteiger partial charge in [-0.2, -0.15) is 0 Å². The topological polar surface area (TPSA) is 92.5 Å². The summed E-state index contributed by atoms with van der Waals surface area (Å²) in [5, 5.41) is 5.14. The van der Waals surface area contributed by atoms with Crippen LogP contribution < -0.4 is 10.9 Å². The normalized spacial score (nSPS) is 13.0. The third-order valence-corrected chi connectivity index (χ3v) is 2.97. The maximum absolute atomic E-state index is 9.13. The molecule has 0 saturated carbocycles. The largest absolute Gasteiger partial charge is 0.397 e. The molecule has 1 aromatic carbocycles. The fourth-order valence-corrected chi connectivity index (χ4v) is 2.19. The molecule has 6 heteroatoms. The Kier molecular flexibility index (Phi) is 2.84. The predicted octanol–water partition coefficient (Wildman–Crippen LogP) is 1.86. The van der Waals surface area contributed by atoms with Crippen molar-refractivity contribution in [3.05, 3.63) is 21.8 Å². The van der Waals surface area contributed by atoms with Crippen molar-refractivity contribution in [2.45, 2.75) is 4.90 Å². The van der Waals surface area contributed by atoms with E-state index in [1.165, 1.54) is 0 Å². The minimum absolute atomic E-state index is 0.203. The van der Waals surface area contributed by atoms with E-state index in [1.54, 1.807) is 18.2 Å². The van der Waals surface area contributed by atoms with Crippen LogP contribution in [0.2, 0.25) is 0 Å². The van der Waals surface area contributed by atoms with E-state index < -0.39 is 10.8 Å². The molecule has 0 aliphatic carbocycles. The van der Waals surface area contributed by atoms with Gasteiger partial charge in [0, 0.05) is 3.57 Å². The summed E-state index contributed by atoms with van der Waals surface area (Å²) in [5.74, 6) is 0. The maximum atomic E-state index is 9.13.